The SMILES string of the molecule is O=C(c1ccc2nc(-c3ccc(Cl)cc3)c(CCc3cccc(F)c3)nc2c1)N1CC(c2ccc(F)c(F)c2)C1. The van der Waals surface area contributed by atoms with Crippen LogP contribution >= 0.6 is 11.6 Å². The molecule has 2 heterocycles. The van der Waals surface area contributed by atoms with Gasteiger partial charge in [-0.15, -0.1) is 0 Å². The van der Waals surface area contributed by atoms with Gasteiger partial charge in [0.25, 0.3) is 5.91 Å². The molecular weight excluding hydrogens is 535 g/mol. The van der Waals surface area contributed by atoms with Gasteiger partial charge >= 0.3 is 0 Å². The highest BCUT2D eigenvalue weighted by atomic mass is 35.5. The van der Waals surface area contributed by atoms with Crippen molar-refractivity contribution in [1.29, 1.82) is 0 Å². The summed E-state index contributed by atoms with van der Waals surface area (Å²) < 4.78 is 40.7. The van der Waals surface area contributed by atoms with Gasteiger partial charge in [-0.25, -0.2) is 23.1 Å². The van der Waals surface area contributed by atoms with E-state index in [1.807, 2.05) is 18.2 Å². The quantitative estimate of drug-likeness (QED) is 0.219. The molecule has 4 nitrogen and oxygen atoms in total. The van der Waals surface area contributed by atoms with Crippen molar-refractivity contribution >= 4 is 28.5 Å². The lowest BCUT2D eigenvalue weighted by atomic mass is 9.90. The molecule has 200 valence electrons. The molecule has 0 saturated carbocycles. The minimum absolute atomic E-state index is 0.0457. The maximum atomic E-state index is 13.7. The summed E-state index contributed by atoms with van der Waals surface area (Å²) in [5, 5.41) is 0.611. The molecule has 0 spiro atoms. The Bertz CT molecular complexity index is 1740. The highest BCUT2D eigenvalue weighted by Gasteiger charge is 2.33. The van der Waals surface area contributed by atoms with Gasteiger partial charge in [-0.3, -0.25) is 4.79 Å². The van der Waals surface area contributed by atoms with E-state index in [1.54, 1.807) is 47.4 Å². The molecule has 0 unspecified atom stereocenters. The Labute approximate surface area is 234 Å². The monoisotopic (exact) mass is 557 g/mol. The molecule has 1 fully saturated rings. The summed E-state index contributed by atoms with van der Waals surface area (Å²) in [7, 11) is 0. The average molecular weight is 558 g/mol. The summed E-state index contributed by atoms with van der Waals surface area (Å²) in [6.07, 6.45) is 1.08. The molecule has 0 radical (unpaired) electrons. The second kappa shape index (κ2) is 10.7. The van der Waals surface area contributed by atoms with Crippen LogP contribution in [0.5, 0.6) is 0 Å². The third-order valence-corrected chi connectivity index (χ3v) is 7.48. The van der Waals surface area contributed by atoms with Gasteiger partial charge in [0.2, 0.25) is 0 Å². The maximum Gasteiger partial charge on any atom is 0.253 e. The van der Waals surface area contributed by atoms with E-state index in [4.69, 9.17) is 21.6 Å². The Kier molecular flexibility index (Phi) is 6.98. The van der Waals surface area contributed by atoms with E-state index in [1.165, 1.54) is 18.2 Å². The van der Waals surface area contributed by atoms with Crippen molar-refractivity contribution in [2.75, 3.05) is 13.1 Å². The van der Waals surface area contributed by atoms with Gasteiger partial charge in [0.15, 0.2) is 11.6 Å². The Morgan fingerprint density at radius 1 is 0.825 bits per heavy atom. The van der Waals surface area contributed by atoms with Crippen LogP contribution in [0.4, 0.5) is 13.2 Å². The Morgan fingerprint density at radius 3 is 2.38 bits per heavy atom. The van der Waals surface area contributed by atoms with E-state index in [2.05, 4.69) is 0 Å². The van der Waals surface area contributed by atoms with Gasteiger partial charge in [0.1, 0.15) is 5.82 Å². The number of halogens is 4. The second-order valence-electron chi connectivity index (χ2n) is 9.94. The highest BCUT2D eigenvalue weighted by molar-refractivity contribution is 6.30. The summed E-state index contributed by atoms with van der Waals surface area (Å²) in [5.41, 5.74) is 5.50. The number of rotatable bonds is 6. The predicted molar refractivity (Wildman–Crippen MR) is 149 cm³/mol. The topological polar surface area (TPSA) is 46.1 Å². The molecule has 8 heteroatoms. The highest BCUT2D eigenvalue weighted by Crippen LogP contribution is 2.31. The van der Waals surface area contributed by atoms with Gasteiger partial charge in [-0.2, -0.15) is 0 Å². The van der Waals surface area contributed by atoms with E-state index >= 15 is 0 Å². The number of likely N-dealkylation sites (tertiary alicyclic amines) is 1. The molecule has 40 heavy (non-hydrogen) atoms. The van der Waals surface area contributed by atoms with Crippen LogP contribution in [0, 0.1) is 17.5 Å². The molecule has 0 bridgehead atoms. The van der Waals surface area contributed by atoms with E-state index in [0.29, 0.717) is 58.8 Å². The lowest BCUT2D eigenvalue weighted by molar-refractivity contribution is 0.0602. The Balaban J connectivity index is 1.27. The number of hydrogen-bond acceptors (Lipinski definition) is 3. The number of carbonyl (C=O) groups excluding carboxylic acids is 1. The van der Waals surface area contributed by atoms with Crippen molar-refractivity contribution in [3.8, 4) is 11.3 Å². The molecule has 0 atom stereocenters. The van der Waals surface area contributed by atoms with E-state index in [0.717, 1.165) is 22.9 Å². The van der Waals surface area contributed by atoms with Crippen LogP contribution in [-0.4, -0.2) is 33.9 Å². The van der Waals surface area contributed by atoms with E-state index < -0.39 is 11.6 Å². The molecule has 5 aromatic rings. The minimum atomic E-state index is -0.887. The standard InChI is InChI=1S/C32H23ClF3N3O/c33-24-9-5-20(6-10-24)31-29(12-4-19-2-1-3-25(34)14-19)37-30-16-22(8-13-28(30)38-31)32(40)39-17-23(18-39)21-7-11-26(35)27(36)15-21/h1-3,5-11,13-16,23H,4,12,17-18H2. The fourth-order valence-corrected chi connectivity index (χ4v) is 5.12. The second-order valence-corrected chi connectivity index (χ2v) is 10.4. The molecule has 1 saturated heterocycles. The molecular formula is C32H23ClF3N3O. The molecule has 0 N–H and O–H groups in total. The Morgan fingerprint density at radius 2 is 1.62 bits per heavy atom. The minimum Gasteiger partial charge on any atom is -0.337 e. The van der Waals surface area contributed by atoms with Crippen LogP contribution in [0.2, 0.25) is 5.02 Å². The largest absolute Gasteiger partial charge is 0.337 e. The molecule has 6 rings (SSSR count). The number of aromatic nitrogens is 2. The zero-order valence-electron chi connectivity index (χ0n) is 21.3. The fourth-order valence-electron chi connectivity index (χ4n) is 5.00. The van der Waals surface area contributed by atoms with Crippen molar-refractivity contribution in [1.82, 2.24) is 14.9 Å². The normalized spacial score (nSPS) is 13.4. The molecule has 1 amide bonds. The number of aryl methyl sites for hydroxylation is 2. The maximum absolute atomic E-state index is 13.7. The smallest absolute Gasteiger partial charge is 0.253 e. The zero-order chi connectivity index (χ0) is 27.8. The molecule has 0 aliphatic carbocycles. The van der Waals surface area contributed by atoms with Crippen LogP contribution in [0.15, 0.2) is 84.9 Å². The molecule has 1 aromatic heterocycles. The van der Waals surface area contributed by atoms with Gasteiger partial charge in [0, 0.05) is 35.2 Å². The third kappa shape index (κ3) is 5.29. The average Bonchev–Trinajstić information content (AvgIpc) is 2.92. The Hall–Kier alpha value is -4.23. The molecule has 1 aliphatic heterocycles. The first-order valence-corrected chi connectivity index (χ1v) is 13.3. The predicted octanol–water partition coefficient (Wildman–Crippen LogP) is 7.39. The summed E-state index contributed by atoms with van der Waals surface area (Å²) in [6, 6.07) is 22.9. The number of benzene rings is 4. The van der Waals surface area contributed by atoms with Crippen LogP contribution in [0.1, 0.15) is 33.1 Å². The first-order chi connectivity index (χ1) is 19.3. The number of fused-ring (bicyclic) bond motifs is 1. The van der Waals surface area contributed by atoms with Crippen LogP contribution < -0.4 is 0 Å². The number of nitrogens with zero attached hydrogens (tertiary/aromatic N) is 3. The zero-order valence-corrected chi connectivity index (χ0v) is 22.0. The van der Waals surface area contributed by atoms with Crippen molar-refractivity contribution < 1.29 is 18.0 Å². The van der Waals surface area contributed by atoms with Crippen LogP contribution in [0.3, 0.4) is 0 Å². The van der Waals surface area contributed by atoms with Gasteiger partial charge in [-0.05, 0) is 78.6 Å². The fraction of sp³-hybridized carbons (Fsp3) is 0.156. The lowest BCUT2D eigenvalue weighted by Crippen LogP contribution is -2.48. The summed E-state index contributed by atoms with van der Waals surface area (Å²) in [4.78, 5) is 24.7. The van der Waals surface area contributed by atoms with Gasteiger partial charge < -0.3 is 4.90 Å². The number of hydrogen-bond donors (Lipinski definition) is 0. The van der Waals surface area contributed by atoms with Gasteiger partial charge in [0.05, 0.1) is 22.4 Å². The van der Waals surface area contributed by atoms with E-state index in [9.17, 15) is 18.0 Å². The summed E-state index contributed by atoms with van der Waals surface area (Å²) in [5.74, 6) is -2.27. The van der Waals surface area contributed by atoms with E-state index in [-0.39, 0.29) is 17.6 Å². The van der Waals surface area contributed by atoms with Crippen molar-refractivity contribution in [2.45, 2.75) is 18.8 Å². The number of amides is 1. The van der Waals surface area contributed by atoms with Crippen LogP contribution in [-0.2, 0) is 12.8 Å². The summed E-state index contributed by atoms with van der Waals surface area (Å²) >= 11 is 6.10. The lowest BCUT2D eigenvalue weighted by Gasteiger charge is -2.39. The van der Waals surface area contributed by atoms with Crippen LogP contribution in [0.25, 0.3) is 22.3 Å². The third-order valence-electron chi connectivity index (χ3n) is 7.22. The van der Waals surface area contributed by atoms with Crippen molar-refractivity contribution in [3.63, 3.8) is 0 Å². The first-order valence-electron chi connectivity index (χ1n) is 12.9. The molecule has 4 aromatic carbocycles. The van der Waals surface area contributed by atoms with Crippen molar-refractivity contribution in [3.05, 3.63) is 130 Å². The number of carbonyl (C=O) groups is 1. The molecule has 1 aliphatic rings. The van der Waals surface area contributed by atoms with Gasteiger partial charge in [-0.1, -0.05) is 41.9 Å². The van der Waals surface area contributed by atoms with Crippen molar-refractivity contribution in [2.24, 2.45) is 0 Å². The summed E-state index contributed by atoms with van der Waals surface area (Å²) in [6.45, 7) is 0.837. The first kappa shape index (κ1) is 26.0.